The lowest BCUT2D eigenvalue weighted by Crippen LogP contribution is -2.50. The molecular formula is C31H38N6O5. The van der Waals surface area contributed by atoms with Crippen LogP contribution in [0, 0.1) is 0 Å². The number of carbonyl (C=O) groups excluding carboxylic acids is 3. The van der Waals surface area contributed by atoms with Gasteiger partial charge in [-0.05, 0) is 69.5 Å². The second kappa shape index (κ2) is 14.3. The van der Waals surface area contributed by atoms with Crippen LogP contribution in [0.5, 0.6) is 0 Å². The van der Waals surface area contributed by atoms with Gasteiger partial charge in [-0.25, -0.2) is 19.6 Å². The molecule has 1 aliphatic rings. The lowest BCUT2D eigenvalue weighted by atomic mass is 10.0. The SMILES string of the molecule is CC(C)(C)OC(=O)C(CNC(=O)c1ccc(N2CCCC(Nc3ncccn3)C2)cc1)NC(=O)OCc1ccccc1. The number of ether oxygens (including phenoxy) is 2. The van der Waals surface area contributed by atoms with Crippen molar-refractivity contribution in [1.82, 2.24) is 20.6 Å². The Labute approximate surface area is 246 Å². The third-order valence-electron chi connectivity index (χ3n) is 6.48. The van der Waals surface area contributed by atoms with Crippen molar-refractivity contribution < 1.29 is 23.9 Å². The number of benzene rings is 2. The summed E-state index contributed by atoms with van der Waals surface area (Å²) in [7, 11) is 0. The normalized spacial score (nSPS) is 15.7. The third kappa shape index (κ3) is 9.46. The summed E-state index contributed by atoms with van der Waals surface area (Å²) in [5.74, 6) is -0.446. The summed E-state index contributed by atoms with van der Waals surface area (Å²) in [6, 6.07) is 17.3. The van der Waals surface area contributed by atoms with E-state index in [1.165, 1.54) is 0 Å². The summed E-state index contributed by atoms with van der Waals surface area (Å²) in [4.78, 5) is 49.0. The van der Waals surface area contributed by atoms with Gasteiger partial charge in [-0.15, -0.1) is 0 Å². The van der Waals surface area contributed by atoms with E-state index in [-0.39, 0.29) is 25.1 Å². The first kappa shape index (κ1) is 30.3. The summed E-state index contributed by atoms with van der Waals surface area (Å²) < 4.78 is 10.7. The zero-order valence-corrected chi connectivity index (χ0v) is 24.2. The number of nitrogens with zero attached hydrogens (tertiary/aromatic N) is 3. The number of carbonyl (C=O) groups is 3. The van der Waals surface area contributed by atoms with Gasteiger partial charge in [0.15, 0.2) is 0 Å². The van der Waals surface area contributed by atoms with Crippen LogP contribution in [0.4, 0.5) is 16.4 Å². The number of alkyl carbamates (subject to hydrolysis) is 1. The van der Waals surface area contributed by atoms with Gasteiger partial charge in [0.05, 0.1) is 0 Å². The second-order valence-electron chi connectivity index (χ2n) is 11.1. The van der Waals surface area contributed by atoms with Crippen molar-refractivity contribution in [1.29, 1.82) is 0 Å². The first-order valence-corrected chi connectivity index (χ1v) is 14.0. The molecule has 2 heterocycles. The van der Waals surface area contributed by atoms with E-state index in [1.807, 2.05) is 42.5 Å². The van der Waals surface area contributed by atoms with Gasteiger partial charge >= 0.3 is 12.1 Å². The quantitative estimate of drug-likeness (QED) is 0.308. The number of rotatable bonds is 10. The van der Waals surface area contributed by atoms with Crippen LogP contribution in [-0.4, -0.2) is 65.3 Å². The maximum Gasteiger partial charge on any atom is 0.408 e. The Kier molecular flexibility index (Phi) is 10.3. The van der Waals surface area contributed by atoms with Crippen LogP contribution in [0.15, 0.2) is 73.1 Å². The molecule has 0 bridgehead atoms. The predicted octanol–water partition coefficient (Wildman–Crippen LogP) is 3.92. The van der Waals surface area contributed by atoms with E-state index in [1.54, 1.807) is 51.4 Å². The average Bonchev–Trinajstić information content (AvgIpc) is 2.98. The Morgan fingerprint density at radius 1 is 1.00 bits per heavy atom. The van der Waals surface area contributed by atoms with Crippen LogP contribution in [0.25, 0.3) is 0 Å². The average molecular weight is 575 g/mol. The van der Waals surface area contributed by atoms with Crippen molar-refractivity contribution in [3.63, 3.8) is 0 Å². The van der Waals surface area contributed by atoms with Gasteiger partial charge < -0.3 is 30.3 Å². The molecule has 3 aromatic rings. The fourth-order valence-electron chi connectivity index (χ4n) is 4.48. The molecule has 0 radical (unpaired) electrons. The van der Waals surface area contributed by atoms with E-state index < -0.39 is 23.7 Å². The molecule has 11 heteroatoms. The minimum atomic E-state index is -1.14. The highest BCUT2D eigenvalue weighted by atomic mass is 16.6. The Morgan fingerprint density at radius 2 is 1.71 bits per heavy atom. The van der Waals surface area contributed by atoms with Crippen molar-refractivity contribution in [3.8, 4) is 0 Å². The number of hydrogen-bond acceptors (Lipinski definition) is 9. The van der Waals surface area contributed by atoms with Crippen LogP contribution in [0.2, 0.25) is 0 Å². The topological polar surface area (TPSA) is 135 Å². The van der Waals surface area contributed by atoms with Gasteiger partial charge in [0.1, 0.15) is 18.2 Å². The smallest absolute Gasteiger partial charge is 0.408 e. The molecule has 0 spiro atoms. The van der Waals surface area contributed by atoms with E-state index in [0.29, 0.717) is 11.5 Å². The predicted molar refractivity (Wildman–Crippen MR) is 159 cm³/mol. The zero-order valence-electron chi connectivity index (χ0n) is 24.2. The number of hydrogen-bond donors (Lipinski definition) is 3. The first-order valence-electron chi connectivity index (χ1n) is 14.0. The van der Waals surface area contributed by atoms with E-state index >= 15 is 0 Å². The molecule has 4 rings (SSSR count). The number of aromatic nitrogens is 2. The molecule has 1 saturated heterocycles. The highest BCUT2D eigenvalue weighted by Gasteiger charge is 2.28. The van der Waals surface area contributed by atoms with Gasteiger partial charge in [-0.3, -0.25) is 4.79 Å². The fourth-order valence-corrected chi connectivity index (χ4v) is 4.48. The molecule has 2 unspecified atom stereocenters. The Hall–Kier alpha value is -4.67. The minimum Gasteiger partial charge on any atom is -0.458 e. The van der Waals surface area contributed by atoms with Crippen molar-refractivity contribution in [3.05, 3.63) is 84.2 Å². The molecule has 2 amide bonds. The second-order valence-corrected chi connectivity index (χ2v) is 11.1. The molecule has 1 aliphatic heterocycles. The third-order valence-corrected chi connectivity index (χ3v) is 6.48. The minimum absolute atomic E-state index is 0.0419. The summed E-state index contributed by atoms with van der Waals surface area (Å²) in [5.41, 5.74) is 1.46. The molecule has 222 valence electrons. The maximum atomic E-state index is 13.0. The Balaban J connectivity index is 1.32. The number of piperidine rings is 1. The fraction of sp³-hybridized carbons (Fsp3) is 0.387. The van der Waals surface area contributed by atoms with Gasteiger partial charge in [0.2, 0.25) is 5.95 Å². The highest BCUT2D eigenvalue weighted by molar-refractivity contribution is 5.95. The van der Waals surface area contributed by atoms with Gasteiger partial charge in [0, 0.05) is 49.3 Å². The molecule has 2 aromatic carbocycles. The molecule has 42 heavy (non-hydrogen) atoms. The molecule has 1 aromatic heterocycles. The standard InChI is InChI=1S/C31H38N6O5/c1-31(2,3)42-28(39)26(36-30(40)41-21-22-9-5-4-6-10-22)19-34-27(38)23-12-14-25(15-13-23)37-18-7-11-24(20-37)35-29-32-16-8-17-33-29/h4-6,8-10,12-17,24,26H,7,11,18-21H2,1-3H3,(H,34,38)(H,36,40)(H,32,33,35). The lowest BCUT2D eigenvalue weighted by Gasteiger charge is -2.34. The van der Waals surface area contributed by atoms with Crippen molar-refractivity contribution in [2.45, 2.75) is 57.9 Å². The van der Waals surface area contributed by atoms with Crippen molar-refractivity contribution >= 4 is 29.6 Å². The number of amides is 2. The molecule has 1 fully saturated rings. The van der Waals surface area contributed by atoms with E-state index in [0.717, 1.165) is 37.2 Å². The van der Waals surface area contributed by atoms with Gasteiger partial charge in [0.25, 0.3) is 5.91 Å². The Bertz CT molecular complexity index is 1320. The first-order chi connectivity index (χ1) is 20.2. The lowest BCUT2D eigenvalue weighted by molar-refractivity contribution is -0.157. The Morgan fingerprint density at radius 3 is 2.40 bits per heavy atom. The molecule has 0 saturated carbocycles. The molecular weight excluding hydrogens is 536 g/mol. The largest absolute Gasteiger partial charge is 0.458 e. The summed E-state index contributed by atoms with van der Waals surface area (Å²) >= 11 is 0. The van der Waals surface area contributed by atoms with Gasteiger partial charge in [-0.2, -0.15) is 0 Å². The molecule has 0 aliphatic carbocycles. The molecule has 2 atom stereocenters. The molecule has 3 N–H and O–H groups in total. The number of anilines is 2. The van der Waals surface area contributed by atoms with Crippen molar-refractivity contribution in [2.75, 3.05) is 29.9 Å². The van der Waals surface area contributed by atoms with E-state index in [4.69, 9.17) is 9.47 Å². The van der Waals surface area contributed by atoms with E-state index in [2.05, 4.69) is 30.8 Å². The number of nitrogens with one attached hydrogen (secondary N) is 3. The number of esters is 1. The van der Waals surface area contributed by atoms with Crippen LogP contribution in [0.3, 0.4) is 0 Å². The highest BCUT2D eigenvalue weighted by Crippen LogP contribution is 2.22. The monoisotopic (exact) mass is 574 g/mol. The van der Waals surface area contributed by atoms with Crippen LogP contribution in [0.1, 0.15) is 49.5 Å². The zero-order chi connectivity index (χ0) is 30.0. The van der Waals surface area contributed by atoms with Crippen molar-refractivity contribution in [2.24, 2.45) is 0 Å². The summed E-state index contributed by atoms with van der Waals surface area (Å²) in [6.07, 6.45) is 4.66. The van der Waals surface area contributed by atoms with E-state index in [9.17, 15) is 14.4 Å². The summed E-state index contributed by atoms with van der Waals surface area (Å²) in [5, 5.41) is 8.63. The summed E-state index contributed by atoms with van der Waals surface area (Å²) in [6.45, 7) is 6.75. The van der Waals surface area contributed by atoms with Crippen LogP contribution < -0.4 is 20.9 Å². The van der Waals surface area contributed by atoms with Gasteiger partial charge in [-0.1, -0.05) is 30.3 Å². The van der Waals surface area contributed by atoms with Crippen LogP contribution >= 0.6 is 0 Å². The van der Waals surface area contributed by atoms with Crippen LogP contribution in [-0.2, 0) is 20.9 Å². The molecule has 11 nitrogen and oxygen atoms in total. The maximum absolute atomic E-state index is 13.0.